The van der Waals surface area contributed by atoms with Crippen LogP contribution >= 0.6 is 0 Å². The van der Waals surface area contributed by atoms with Gasteiger partial charge in [-0.25, -0.2) is 4.79 Å². The number of benzene rings is 1. The standard InChI is InChI=1S/C18H25NO4/c1-7-10-19(18(20)23-13(4)5)15-11-14(6)17(22-9-3)16(12-15)21-8-2/h1,11-13H,8-10H2,2-6H3. The Hall–Kier alpha value is -2.35. The lowest BCUT2D eigenvalue weighted by molar-refractivity contribution is 0.123. The van der Waals surface area contributed by atoms with E-state index < -0.39 is 6.09 Å². The van der Waals surface area contributed by atoms with Crippen molar-refractivity contribution in [3.05, 3.63) is 17.7 Å². The maximum absolute atomic E-state index is 12.3. The second kappa shape index (κ2) is 8.94. The average Bonchev–Trinajstić information content (AvgIpc) is 2.47. The summed E-state index contributed by atoms with van der Waals surface area (Å²) in [7, 11) is 0. The van der Waals surface area contributed by atoms with E-state index in [1.54, 1.807) is 19.9 Å². The fraction of sp³-hybridized carbons (Fsp3) is 0.500. The smallest absolute Gasteiger partial charge is 0.415 e. The monoisotopic (exact) mass is 319 g/mol. The molecule has 0 heterocycles. The molecule has 1 aromatic carbocycles. The molecule has 0 bridgehead atoms. The van der Waals surface area contributed by atoms with Crippen LogP contribution in [0.3, 0.4) is 0 Å². The quantitative estimate of drug-likeness (QED) is 0.718. The van der Waals surface area contributed by atoms with E-state index in [4.69, 9.17) is 20.6 Å². The van der Waals surface area contributed by atoms with Crippen molar-refractivity contribution in [2.75, 3.05) is 24.7 Å². The molecule has 1 amide bonds. The van der Waals surface area contributed by atoms with Gasteiger partial charge in [0.2, 0.25) is 0 Å². The second-order valence-corrected chi connectivity index (χ2v) is 5.18. The number of terminal acetylenes is 1. The number of aryl methyl sites for hydroxylation is 1. The van der Waals surface area contributed by atoms with Gasteiger partial charge in [0.05, 0.1) is 31.5 Å². The predicted octanol–water partition coefficient (Wildman–Crippen LogP) is 3.78. The molecule has 0 radical (unpaired) electrons. The zero-order chi connectivity index (χ0) is 17.4. The molecule has 23 heavy (non-hydrogen) atoms. The van der Waals surface area contributed by atoms with Crippen LogP contribution in [0.2, 0.25) is 0 Å². The van der Waals surface area contributed by atoms with Gasteiger partial charge in [-0.15, -0.1) is 6.42 Å². The van der Waals surface area contributed by atoms with Gasteiger partial charge in [-0.2, -0.15) is 0 Å². The lowest BCUT2D eigenvalue weighted by Gasteiger charge is -2.23. The summed E-state index contributed by atoms with van der Waals surface area (Å²) >= 11 is 0. The van der Waals surface area contributed by atoms with Crippen molar-refractivity contribution in [2.24, 2.45) is 0 Å². The number of ether oxygens (including phenoxy) is 3. The van der Waals surface area contributed by atoms with Gasteiger partial charge in [0.25, 0.3) is 0 Å². The van der Waals surface area contributed by atoms with Gasteiger partial charge in [0.1, 0.15) is 0 Å². The minimum absolute atomic E-state index is 0.116. The highest BCUT2D eigenvalue weighted by Gasteiger charge is 2.21. The molecule has 126 valence electrons. The molecular weight excluding hydrogens is 294 g/mol. The second-order valence-electron chi connectivity index (χ2n) is 5.18. The molecule has 0 spiro atoms. The average molecular weight is 319 g/mol. The SMILES string of the molecule is C#CCN(C(=O)OC(C)C)c1cc(C)c(OCC)c(OCC)c1. The fourth-order valence-electron chi connectivity index (χ4n) is 2.09. The zero-order valence-corrected chi connectivity index (χ0v) is 14.5. The van der Waals surface area contributed by atoms with E-state index in [0.29, 0.717) is 30.4 Å². The number of carbonyl (C=O) groups excluding carboxylic acids is 1. The molecule has 5 nitrogen and oxygen atoms in total. The van der Waals surface area contributed by atoms with Gasteiger partial charge < -0.3 is 14.2 Å². The Kier molecular flexibility index (Phi) is 7.27. The summed E-state index contributed by atoms with van der Waals surface area (Å²) < 4.78 is 16.5. The van der Waals surface area contributed by atoms with Crippen molar-refractivity contribution in [1.82, 2.24) is 0 Å². The molecule has 1 aromatic rings. The molecule has 0 saturated carbocycles. The topological polar surface area (TPSA) is 48.0 Å². The van der Waals surface area contributed by atoms with Crippen LogP contribution in [0.25, 0.3) is 0 Å². The van der Waals surface area contributed by atoms with Gasteiger partial charge in [-0.1, -0.05) is 5.92 Å². The molecule has 0 aliphatic heterocycles. The third kappa shape index (κ3) is 5.10. The number of amides is 1. The lowest BCUT2D eigenvalue weighted by Crippen LogP contribution is -2.33. The highest BCUT2D eigenvalue weighted by molar-refractivity contribution is 5.89. The fourth-order valence-corrected chi connectivity index (χ4v) is 2.09. The van der Waals surface area contributed by atoms with Crippen LogP contribution in [0.4, 0.5) is 10.5 Å². The summed E-state index contributed by atoms with van der Waals surface area (Å²) in [6, 6.07) is 3.59. The van der Waals surface area contributed by atoms with Crippen molar-refractivity contribution in [1.29, 1.82) is 0 Å². The molecule has 0 unspecified atom stereocenters. The highest BCUT2D eigenvalue weighted by atomic mass is 16.6. The number of nitrogens with zero attached hydrogens (tertiary/aromatic N) is 1. The Morgan fingerprint density at radius 3 is 2.43 bits per heavy atom. The summed E-state index contributed by atoms with van der Waals surface area (Å²) in [5.74, 6) is 3.75. The molecule has 0 atom stereocenters. The Morgan fingerprint density at radius 2 is 1.91 bits per heavy atom. The molecule has 1 rings (SSSR count). The maximum atomic E-state index is 12.3. The summed E-state index contributed by atoms with van der Waals surface area (Å²) in [5, 5.41) is 0. The first-order chi connectivity index (χ1) is 10.9. The van der Waals surface area contributed by atoms with Gasteiger partial charge >= 0.3 is 6.09 Å². The largest absolute Gasteiger partial charge is 0.490 e. The molecule has 0 aliphatic rings. The minimum Gasteiger partial charge on any atom is -0.490 e. The van der Waals surface area contributed by atoms with E-state index in [1.165, 1.54) is 4.90 Å². The Labute approximate surface area is 138 Å². The third-order valence-corrected chi connectivity index (χ3v) is 2.93. The number of rotatable bonds is 7. The Morgan fingerprint density at radius 1 is 1.26 bits per heavy atom. The molecule has 0 N–H and O–H groups in total. The van der Waals surface area contributed by atoms with Gasteiger partial charge in [0.15, 0.2) is 11.5 Å². The highest BCUT2D eigenvalue weighted by Crippen LogP contribution is 2.36. The Bertz CT molecular complexity index is 575. The first-order valence-corrected chi connectivity index (χ1v) is 7.76. The van der Waals surface area contributed by atoms with Crippen molar-refractivity contribution in [2.45, 2.75) is 40.7 Å². The van der Waals surface area contributed by atoms with Crippen LogP contribution < -0.4 is 14.4 Å². The van der Waals surface area contributed by atoms with Gasteiger partial charge in [-0.3, -0.25) is 4.90 Å². The minimum atomic E-state index is -0.482. The molecule has 0 aromatic heterocycles. The first-order valence-electron chi connectivity index (χ1n) is 7.76. The van der Waals surface area contributed by atoms with E-state index in [-0.39, 0.29) is 12.6 Å². The molecule has 5 heteroatoms. The van der Waals surface area contributed by atoms with Crippen LogP contribution in [0.15, 0.2) is 12.1 Å². The van der Waals surface area contributed by atoms with Crippen molar-refractivity contribution in [3.8, 4) is 23.8 Å². The van der Waals surface area contributed by atoms with E-state index in [2.05, 4.69) is 5.92 Å². The van der Waals surface area contributed by atoms with Gasteiger partial charge in [0, 0.05) is 6.07 Å². The van der Waals surface area contributed by atoms with Crippen LogP contribution in [-0.2, 0) is 4.74 Å². The van der Waals surface area contributed by atoms with Crippen molar-refractivity contribution in [3.63, 3.8) is 0 Å². The summed E-state index contributed by atoms with van der Waals surface area (Å²) in [6.07, 6.45) is 4.69. The normalized spacial score (nSPS) is 10.1. The summed E-state index contributed by atoms with van der Waals surface area (Å²) in [5.41, 5.74) is 1.49. The van der Waals surface area contributed by atoms with Crippen LogP contribution in [0.5, 0.6) is 11.5 Å². The van der Waals surface area contributed by atoms with E-state index in [0.717, 1.165) is 5.56 Å². The number of carbonyl (C=O) groups is 1. The summed E-state index contributed by atoms with van der Waals surface area (Å²) in [6.45, 7) is 10.4. The zero-order valence-electron chi connectivity index (χ0n) is 14.5. The maximum Gasteiger partial charge on any atom is 0.415 e. The summed E-state index contributed by atoms with van der Waals surface area (Å²) in [4.78, 5) is 13.7. The predicted molar refractivity (Wildman–Crippen MR) is 91.3 cm³/mol. The third-order valence-electron chi connectivity index (χ3n) is 2.93. The van der Waals surface area contributed by atoms with E-state index in [9.17, 15) is 4.79 Å². The number of anilines is 1. The van der Waals surface area contributed by atoms with Crippen molar-refractivity contribution >= 4 is 11.8 Å². The number of hydrogen-bond donors (Lipinski definition) is 0. The van der Waals surface area contributed by atoms with Crippen LogP contribution in [0.1, 0.15) is 33.3 Å². The molecular formula is C18H25NO4. The first kappa shape index (κ1) is 18.7. The van der Waals surface area contributed by atoms with Crippen LogP contribution in [0, 0.1) is 19.3 Å². The number of hydrogen-bond acceptors (Lipinski definition) is 4. The van der Waals surface area contributed by atoms with Gasteiger partial charge in [-0.05, 0) is 46.2 Å². The molecule has 0 fully saturated rings. The Balaban J connectivity index is 3.26. The molecule has 0 aliphatic carbocycles. The van der Waals surface area contributed by atoms with Crippen LogP contribution in [-0.4, -0.2) is 32.0 Å². The van der Waals surface area contributed by atoms with E-state index >= 15 is 0 Å². The van der Waals surface area contributed by atoms with Crippen molar-refractivity contribution < 1.29 is 19.0 Å². The lowest BCUT2D eigenvalue weighted by atomic mass is 10.1. The molecule has 0 saturated heterocycles. The van der Waals surface area contributed by atoms with E-state index in [1.807, 2.05) is 26.8 Å².